The van der Waals surface area contributed by atoms with Crippen LogP contribution in [0.25, 0.3) is 0 Å². The summed E-state index contributed by atoms with van der Waals surface area (Å²) in [5, 5.41) is 0. The molecule has 0 bridgehead atoms. The van der Waals surface area contributed by atoms with Crippen LogP contribution in [0.5, 0.6) is 0 Å². The number of piperazine rings is 1. The fourth-order valence-corrected chi connectivity index (χ4v) is 3.17. The Hall–Kier alpha value is -2.28. The molecule has 0 atom stereocenters. The smallest absolute Gasteiger partial charge is 0.264 e. The predicted molar refractivity (Wildman–Crippen MR) is 85.1 cm³/mol. The van der Waals surface area contributed by atoms with Crippen molar-refractivity contribution in [2.45, 2.75) is 13.3 Å². The van der Waals surface area contributed by atoms with Crippen molar-refractivity contribution in [3.63, 3.8) is 0 Å². The molecule has 0 aromatic heterocycles. The predicted octanol–water partition coefficient (Wildman–Crippen LogP) is 0.976. The largest absolute Gasteiger partial charge is 0.340 e. The van der Waals surface area contributed by atoms with E-state index in [4.69, 9.17) is 0 Å². The van der Waals surface area contributed by atoms with Gasteiger partial charge >= 0.3 is 0 Å². The minimum Gasteiger partial charge on any atom is -0.340 e. The van der Waals surface area contributed by atoms with Crippen LogP contribution >= 0.6 is 0 Å². The molecule has 1 aromatic carbocycles. The Morgan fingerprint density at radius 3 is 2.46 bits per heavy atom. The molecule has 2 aliphatic heterocycles. The summed E-state index contributed by atoms with van der Waals surface area (Å²) in [4.78, 5) is 41.7. The number of fused-ring (bicyclic) bond motifs is 1. The van der Waals surface area contributed by atoms with E-state index >= 15 is 0 Å². The molecule has 2 heterocycles. The van der Waals surface area contributed by atoms with E-state index in [9.17, 15) is 18.8 Å². The van der Waals surface area contributed by atoms with E-state index in [2.05, 4.69) is 11.8 Å². The zero-order valence-electron chi connectivity index (χ0n) is 13.6. The number of nitrogens with zero attached hydrogens (tertiary/aromatic N) is 3. The van der Waals surface area contributed by atoms with Crippen molar-refractivity contribution in [1.29, 1.82) is 0 Å². The summed E-state index contributed by atoms with van der Waals surface area (Å²) in [6.07, 6.45) is 0.0687. The minimum atomic E-state index is -0.699. The quantitative estimate of drug-likeness (QED) is 0.771. The summed E-state index contributed by atoms with van der Waals surface area (Å²) in [5.74, 6) is -1.96. The molecule has 0 aliphatic carbocycles. The summed E-state index contributed by atoms with van der Waals surface area (Å²) >= 11 is 0. The first kappa shape index (κ1) is 16.6. The highest BCUT2D eigenvalue weighted by atomic mass is 19.1. The highest BCUT2D eigenvalue weighted by molar-refractivity contribution is 6.21. The molecule has 0 unspecified atom stereocenters. The Balaban J connectivity index is 1.60. The molecule has 0 N–H and O–H groups in total. The average molecular weight is 333 g/mol. The second kappa shape index (κ2) is 6.68. The van der Waals surface area contributed by atoms with Crippen molar-refractivity contribution in [3.8, 4) is 0 Å². The van der Waals surface area contributed by atoms with E-state index in [0.29, 0.717) is 13.1 Å². The second-order valence-corrected chi connectivity index (χ2v) is 5.99. The molecule has 3 rings (SSSR count). The highest BCUT2D eigenvalue weighted by Gasteiger charge is 2.38. The maximum absolute atomic E-state index is 13.8. The molecule has 128 valence electrons. The number of rotatable bonds is 4. The van der Waals surface area contributed by atoms with Crippen LogP contribution in [-0.2, 0) is 4.79 Å². The van der Waals surface area contributed by atoms with Gasteiger partial charge in [-0.15, -0.1) is 0 Å². The number of carbonyl (C=O) groups excluding carboxylic acids is 3. The van der Waals surface area contributed by atoms with E-state index < -0.39 is 17.6 Å². The minimum absolute atomic E-state index is 0.0153. The van der Waals surface area contributed by atoms with Crippen molar-refractivity contribution in [1.82, 2.24) is 14.7 Å². The molecular weight excluding hydrogens is 313 g/mol. The van der Waals surface area contributed by atoms with E-state index in [1.54, 1.807) is 4.90 Å². The topological polar surface area (TPSA) is 60.9 Å². The Morgan fingerprint density at radius 1 is 1.12 bits per heavy atom. The zero-order valence-corrected chi connectivity index (χ0v) is 13.6. The number of likely N-dealkylation sites (N-methyl/N-ethyl adjacent to an activating group) is 1. The first-order chi connectivity index (χ1) is 11.5. The number of carbonyl (C=O) groups is 3. The van der Waals surface area contributed by atoms with Gasteiger partial charge in [-0.25, -0.2) is 4.39 Å². The normalized spacial score (nSPS) is 18.2. The van der Waals surface area contributed by atoms with E-state index in [-0.39, 0.29) is 30.0 Å². The first-order valence-electron chi connectivity index (χ1n) is 8.17. The van der Waals surface area contributed by atoms with Gasteiger partial charge in [0.15, 0.2) is 0 Å². The van der Waals surface area contributed by atoms with Crippen LogP contribution in [0.3, 0.4) is 0 Å². The van der Waals surface area contributed by atoms with Gasteiger partial charge in [0.05, 0.1) is 11.1 Å². The summed E-state index contributed by atoms with van der Waals surface area (Å²) < 4.78 is 13.8. The van der Waals surface area contributed by atoms with Gasteiger partial charge in [-0.05, 0) is 18.7 Å². The Kier molecular flexibility index (Phi) is 4.62. The van der Waals surface area contributed by atoms with Gasteiger partial charge in [0.2, 0.25) is 5.91 Å². The number of hydrogen-bond acceptors (Lipinski definition) is 4. The lowest BCUT2D eigenvalue weighted by Crippen LogP contribution is -2.49. The fourth-order valence-electron chi connectivity index (χ4n) is 3.17. The summed E-state index contributed by atoms with van der Waals surface area (Å²) in [7, 11) is 0. The monoisotopic (exact) mass is 333 g/mol. The number of hydrogen-bond donors (Lipinski definition) is 0. The molecule has 7 heteroatoms. The van der Waals surface area contributed by atoms with E-state index in [1.807, 2.05) is 0 Å². The lowest BCUT2D eigenvalue weighted by molar-refractivity contribution is -0.133. The number of amides is 3. The number of imide groups is 1. The Bertz CT molecular complexity index is 684. The van der Waals surface area contributed by atoms with Gasteiger partial charge in [-0.2, -0.15) is 0 Å². The number of halogens is 1. The molecule has 0 radical (unpaired) electrons. The zero-order chi connectivity index (χ0) is 17.3. The fraction of sp³-hybridized carbons (Fsp3) is 0.471. The average Bonchev–Trinajstić information content (AvgIpc) is 2.85. The Labute approximate surface area is 139 Å². The van der Waals surface area contributed by atoms with Crippen LogP contribution in [0.15, 0.2) is 18.2 Å². The first-order valence-corrected chi connectivity index (χ1v) is 8.17. The molecule has 2 aliphatic rings. The third-order valence-corrected chi connectivity index (χ3v) is 4.67. The lowest BCUT2D eigenvalue weighted by Gasteiger charge is -2.34. The van der Waals surface area contributed by atoms with Crippen LogP contribution in [0.1, 0.15) is 34.1 Å². The molecule has 0 saturated carbocycles. The van der Waals surface area contributed by atoms with Gasteiger partial charge in [-0.3, -0.25) is 19.3 Å². The molecule has 1 saturated heterocycles. The summed E-state index contributed by atoms with van der Waals surface area (Å²) in [6.45, 7) is 6.01. The second-order valence-electron chi connectivity index (χ2n) is 5.99. The Morgan fingerprint density at radius 2 is 1.83 bits per heavy atom. The molecule has 0 spiro atoms. The molecule has 3 amide bonds. The van der Waals surface area contributed by atoms with Gasteiger partial charge in [-0.1, -0.05) is 13.0 Å². The molecule has 6 nitrogen and oxygen atoms in total. The number of benzene rings is 1. The van der Waals surface area contributed by atoms with E-state index in [1.165, 1.54) is 12.1 Å². The van der Waals surface area contributed by atoms with Crippen molar-refractivity contribution >= 4 is 17.7 Å². The van der Waals surface area contributed by atoms with Crippen LogP contribution in [0, 0.1) is 5.82 Å². The van der Waals surface area contributed by atoms with E-state index in [0.717, 1.165) is 30.6 Å². The lowest BCUT2D eigenvalue weighted by atomic mass is 10.1. The highest BCUT2D eigenvalue weighted by Crippen LogP contribution is 2.25. The van der Waals surface area contributed by atoms with Gasteiger partial charge in [0.1, 0.15) is 5.82 Å². The SMILES string of the molecule is CCN1CCN(C(=O)CCN2C(=O)c3cccc(F)c3C2=O)CC1. The summed E-state index contributed by atoms with van der Waals surface area (Å²) in [6, 6.07) is 4.00. The van der Waals surface area contributed by atoms with Crippen LogP contribution in [0.2, 0.25) is 0 Å². The maximum Gasteiger partial charge on any atom is 0.264 e. The molecule has 1 fully saturated rings. The standard InChI is InChI=1S/C17H20FN3O3/c1-2-19-8-10-20(11-9-19)14(22)6-7-21-16(23)12-4-3-5-13(18)15(12)17(21)24/h3-5H,2,6-11H2,1H3. The third kappa shape index (κ3) is 2.91. The van der Waals surface area contributed by atoms with Crippen molar-refractivity contribution < 1.29 is 18.8 Å². The maximum atomic E-state index is 13.8. The van der Waals surface area contributed by atoms with Gasteiger partial charge < -0.3 is 9.80 Å². The third-order valence-electron chi connectivity index (χ3n) is 4.67. The molecule has 1 aromatic rings. The molecular formula is C17H20FN3O3. The van der Waals surface area contributed by atoms with Gasteiger partial charge in [0.25, 0.3) is 11.8 Å². The van der Waals surface area contributed by atoms with Crippen LogP contribution < -0.4 is 0 Å². The van der Waals surface area contributed by atoms with Gasteiger partial charge in [0, 0.05) is 39.1 Å². The summed E-state index contributed by atoms with van der Waals surface area (Å²) in [5.41, 5.74) is -0.115. The van der Waals surface area contributed by atoms with Crippen molar-refractivity contribution in [2.24, 2.45) is 0 Å². The van der Waals surface area contributed by atoms with Crippen LogP contribution in [-0.4, -0.2) is 71.7 Å². The molecule has 24 heavy (non-hydrogen) atoms. The van der Waals surface area contributed by atoms with Crippen LogP contribution in [0.4, 0.5) is 4.39 Å². The van der Waals surface area contributed by atoms with Crippen molar-refractivity contribution in [3.05, 3.63) is 35.1 Å². The van der Waals surface area contributed by atoms with Crippen molar-refractivity contribution in [2.75, 3.05) is 39.3 Å².